The number of nitroso groups, excluding NO2 is 1. The first kappa shape index (κ1) is 13.2. The minimum atomic E-state index is -0.0542. The molecule has 2 heterocycles. The molecule has 0 spiro atoms. The summed E-state index contributed by atoms with van der Waals surface area (Å²) in [5, 5.41) is 12.4. The highest BCUT2D eigenvalue weighted by molar-refractivity contribution is 5.75. The number of benzene rings is 1. The lowest BCUT2D eigenvalue weighted by molar-refractivity contribution is 0.282. The summed E-state index contributed by atoms with van der Waals surface area (Å²) in [6, 6.07) is 9.77. The van der Waals surface area contributed by atoms with Gasteiger partial charge in [-0.05, 0) is 59.3 Å². The Labute approximate surface area is 127 Å². The van der Waals surface area contributed by atoms with E-state index in [1.54, 1.807) is 22.7 Å². The molecule has 0 atom stereocenters. The van der Waals surface area contributed by atoms with E-state index in [0.29, 0.717) is 17.2 Å². The topological polar surface area (TPSA) is 67.0 Å². The minimum Gasteiger partial charge on any atom is -0.392 e. The number of aliphatic hydroxyl groups excluding tert-OH is 1. The van der Waals surface area contributed by atoms with E-state index in [9.17, 15) is 10.0 Å². The Morgan fingerprint density at radius 3 is 2.86 bits per heavy atom. The van der Waals surface area contributed by atoms with Crippen molar-refractivity contribution in [3.63, 3.8) is 0 Å². The molecule has 0 aliphatic heterocycles. The van der Waals surface area contributed by atoms with Crippen LogP contribution in [0.2, 0.25) is 0 Å². The van der Waals surface area contributed by atoms with Crippen LogP contribution >= 0.6 is 0 Å². The highest BCUT2D eigenvalue weighted by Gasteiger charge is 2.18. The first-order valence-electron chi connectivity index (χ1n) is 7.37. The van der Waals surface area contributed by atoms with Gasteiger partial charge in [0.2, 0.25) is 5.82 Å². The highest BCUT2D eigenvalue weighted by atomic mass is 16.3. The maximum Gasteiger partial charge on any atom is 0.209 e. The average molecular weight is 293 g/mol. The Hall–Kier alpha value is -2.53. The van der Waals surface area contributed by atoms with Crippen LogP contribution in [0.1, 0.15) is 23.1 Å². The third-order valence-electron chi connectivity index (χ3n) is 4.31. The fourth-order valence-corrected chi connectivity index (χ4v) is 3.17. The number of fused-ring (bicyclic) bond motifs is 2. The second kappa shape index (κ2) is 5.03. The van der Waals surface area contributed by atoms with Crippen molar-refractivity contribution in [2.45, 2.75) is 25.9 Å². The van der Waals surface area contributed by atoms with E-state index in [2.05, 4.69) is 22.3 Å². The van der Waals surface area contributed by atoms with Crippen LogP contribution in [0.4, 0.5) is 5.82 Å². The molecule has 1 aromatic carbocycles. The molecule has 1 aliphatic carbocycles. The number of hydrogen-bond acceptors (Lipinski definition) is 4. The van der Waals surface area contributed by atoms with E-state index in [4.69, 9.17) is 0 Å². The number of imidazole rings is 1. The number of hydrogen-bond donors (Lipinski definition) is 1. The molecule has 1 aliphatic rings. The molecule has 0 bridgehead atoms. The van der Waals surface area contributed by atoms with Gasteiger partial charge < -0.3 is 5.11 Å². The summed E-state index contributed by atoms with van der Waals surface area (Å²) in [5.74, 6) is 0.303. The van der Waals surface area contributed by atoms with E-state index in [-0.39, 0.29) is 6.61 Å². The van der Waals surface area contributed by atoms with Gasteiger partial charge >= 0.3 is 0 Å². The fourth-order valence-electron chi connectivity index (χ4n) is 3.17. The highest BCUT2D eigenvalue weighted by Crippen LogP contribution is 2.34. The summed E-state index contributed by atoms with van der Waals surface area (Å²) < 4.78 is 1.66. The van der Waals surface area contributed by atoms with Crippen LogP contribution < -0.4 is 0 Å². The zero-order valence-electron chi connectivity index (χ0n) is 12.0. The van der Waals surface area contributed by atoms with Gasteiger partial charge in [-0.2, -0.15) is 0 Å². The molecule has 0 saturated carbocycles. The van der Waals surface area contributed by atoms with Crippen LogP contribution in [0.3, 0.4) is 0 Å². The quantitative estimate of drug-likeness (QED) is 0.753. The maximum atomic E-state index is 11.3. The Kier molecular flexibility index (Phi) is 3.01. The van der Waals surface area contributed by atoms with Crippen LogP contribution in [0, 0.1) is 4.91 Å². The summed E-state index contributed by atoms with van der Waals surface area (Å²) >= 11 is 0. The van der Waals surface area contributed by atoms with Crippen LogP contribution in [0.5, 0.6) is 0 Å². The molecule has 2 aromatic heterocycles. The Morgan fingerprint density at radius 2 is 2.05 bits per heavy atom. The van der Waals surface area contributed by atoms with Gasteiger partial charge in [-0.15, -0.1) is 4.91 Å². The molecule has 22 heavy (non-hydrogen) atoms. The maximum absolute atomic E-state index is 11.3. The first-order valence-corrected chi connectivity index (χ1v) is 7.37. The van der Waals surface area contributed by atoms with Gasteiger partial charge in [0, 0.05) is 11.8 Å². The third-order valence-corrected chi connectivity index (χ3v) is 4.31. The molecule has 3 aromatic rings. The average Bonchev–Trinajstić information content (AvgIpc) is 3.16. The van der Waals surface area contributed by atoms with Crippen molar-refractivity contribution in [3.05, 3.63) is 58.1 Å². The van der Waals surface area contributed by atoms with E-state index in [0.717, 1.165) is 24.0 Å². The number of nitrogens with zero attached hydrogens (tertiary/aromatic N) is 3. The Bertz CT molecular complexity index is 883. The van der Waals surface area contributed by atoms with Crippen molar-refractivity contribution in [2.24, 2.45) is 5.18 Å². The molecular formula is C17H15N3O2. The number of aromatic nitrogens is 2. The SMILES string of the molecule is O=Nc1c(-c2ccc3c(c2)CCC3)nc2cc(CO)ccn12. The van der Waals surface area contributed by atoms with Gasteiger partial charge in [0.05, 0.1) is 6.61 Å². The number of pyridine rings is 1. The molecule has 0 unspecified atom stereocenters. The smallest absolute Gasteiger partial charge is 0.209 e. The first-order chi connectivity index (χ1) is 10.8. The van der Waals surface area contributed by atoms with E-state index < -0.39 is 0 Å². The van der Waals surface area contributed by atoms with Gasteiger partial charge in [-0.3, -0.25) is 4.40 Å². The van der Waals surface area contributed by atoms with Gasteiger partial charge in [-0.25, -0.2) is 4.98 Å². The molecular weight excluding hydrogens is 278 g/mol. The van der Waals surface area contributed by atoms with Crippen LogP contribution in [-0.4, -0.2) is 14.5 Å². The lowest BCUT2D eigenvalue weighted by Gasteiger charge is -2.02. The third kappa shape index (κ3) is 1.94. The van der Waals surface area contributed by atoms with E-state index in [1.165, 1.54) is 17.5 Å². The van der Waals surface area contributed by atoms with Crippen LogP contribution in [0.25, 0.3) is 16.9 Å². The summed E-state index contributed by atoms with van der Waals surface area (Å²) in [6.07, 6.45) is 5.11. The zero-order chi connectivity index (χ0) is 15.1. The van der Waals surface area contributed by atoms with Gasteiger partial charge in [-0.1, -0.05) is 12.1 Å². The van der Waals surface area contributed by atoms with E-state index >= 15 is 0 Å². The number of rotatable bonds is 3. The number of aryl methyl sites for hydroxylation is 2. The summed E-state index contributed by atoms with van der Waals surface area (Å²) in [6.45, 7) is -0.0542. The van der Waals surface area contributed by atoms with Crippen molar-refractivity contribution in [1.82, 2.24) is 9.38 Å². The van der Waals surface area contributed by atoms with Gasteiger partial charge in [0.15, 0.2) is 0 Å². The van der Waals surface area contributed by atoms with Crippen molar-refractivity contribution < 1.29 is 5.11 Å². The molecule has 0 saturated heterocycles. The summed E-state index contributed by atoms with van der Waals surface area (Å²) in [4.78, 5) is 15.8. The molecule has 0 fully saturated rings. The molecule has 110 valence electrons. The molecule has 0 radical (unpaired) electrons. The molecule has 1 N–H and O–H groups in total. The monoisotopic (exact) mass is 293 g/mol. The standard InChI is InChI=1S/C17H15N3O2/c21-10-11-6-7-20-15(8-11)18-16(17(20)19-22)14-5-4-12-2-1-3-13(12)9-14/h4-9,21H,1-3,10H2. The van der Waals surface area contributed by atoms with Gasteiger partial charge in [0.1, 0.15) is 11.3 Å². The molecule has 0 amide bonds. The van der Waals surface area contributed by atoms with E-state index in [1.807, 2.05) is 6.07 Å². The lowest BCUT2D eigenvalue weighted by atomic mass is 10.0. The molecule has 5 nitrogen and oxygen atoms in total. The van der Waals surface area contributed by atoms with Crippen molar-refractivity contribution in [3.8, 4) is 11.3 Å². The number of aliphatic hydroxyl groups is 1. The second-order valence-corrected chi connectivity index (χ2v) is 5.63. The lowest BCUT2D eigenvalue weighted by Crippen LogP contribution is -1.88. The summed E-state index contributed by atoms with van der Waals surface area (Å²) in [7, 11) is 0. The predicted molar refractivity (Wildman–Crippen MR) is 84.0 cm³/mol. The van der Waals surface area contributed by atoms with Crippen molar-refractivity contribution >= 4 is 11.5 Å². The zero-order valence-corrected chi connectivity index (χ0v) is 12.0. The molecule has 4 rings (SSSR count). The molecule has 5 heteroatoms. The van der Waals surface area contributed by atoms with Crippen molar-refractivity contribution in [2.75, 3.05) is 0 Å². The largest absolute Gasteiger partial charge is 0.392 e. The van der Waals surface area contributed by atoms with Crippen LogP contribution in [0.15, 0.2) is 41.7 Å². The van der Waals surface area contributed by atoms with Crippen molar-refractivity contribution in [1.29, 1.82) is 0 Å². The normalized spacial score (nSPS) is 13.5. The second-order valence-electron chi connectivity index (χ2n) is 5.63. The Morgan fingerprint density at radius 1 is 1.18 bits per heavy atom. The predicted octanol–water partition coefficient (Wildman–Crippen LogP) is 3.38. The van der Waals surface area contributed by atoms with Gasteiger partial charge in [0.25, 0.3) is 0 Å². The minimum absolute atomic E-state index is 0.0542. The fraction of sp³-hybridized carbons (Fsp3) is 0.235. The van der Waals surface area contributed by atoms with Crippen LogP contribution in [-0.2, 0) is 19.4 Å². The summed E-state index contributed by atoms with van der Waals surface area (Å²) in [5.41, 5.74) is 5.62. The Balaban J connectivity index is 1.92.